The third-order valence-corrected chi connectivity index (χ3v) is 9.83. The molecule has 8 nitrogen and oxygen atoms in total. The Balaban J connectivity index is 1.36. The summed E-state index contributed by atoms with van der Waals surface area (Å²) in [5.41, 5.74) is 2.26. The van der Waals surface area contributed by atoms with E-state index in [0.717, 1.165) is 49.3 Å². The molecule has 3 amide bonds. The molecule has 2 fully saturated rings. The van der Waals surface area contributed by atoms with Crippen LogP contribution in [0.25, 0.3) is 0 Å². The second-order valence-corrected chi connectivity index (χ2v) is 12.0. The van der Waals surface area contributed by atoms with Crippen LogP contribution in [0.3, 0.4) is 0 Å². The van der Waals surface area contributed by atoms with Crippen molar-refractivity contribution < 1.29 is 19.1 Å². The number of nitrogens with one attached hydrogen (secondary N) is 1. The van der Waals surface area contributed by atoms with Gasteiger partial charge in [0.1, 0.15) is 11.0 Å². The average molecular weight is 550 g/mol. The van der Waals surface area contributed by atoms with E-state index in [9.17, 15) is 19.2 Å². The Morgan fingerprint density at radius 2 is 1.74 bits per heavy atom. The number of H-pyrrole nitrogens is 1. The molecule has 2 saturated heterocycles. The van der Waals surface area contributed by atoms with Crippen LogP contribution in [-0.2, 0) is 14.4 Å². The molecule has 38 heavy (non-hydrogen) atoms. The number of thiazole rings is 1. The smallest absolute Gasteiger partial charge is 0.305 e. The van der Waals surface area contributed by atoms with Crippen molar-refractivity contribution in [3.8, 4) is 5.75 Å². The number of rotatable bonds is 5. The predicted molar refractivity (Wildman–Crippen MR) is 146 cm³/mol. The van der Waals surface area contributed by atoms with Crippen LogP contribution in [0.2, 0.25) is 0 Å². The van der Waals surface area contributed by atoms with Gasteiger partial charge < -0.3 is 14.6 Å². The molecular formula is C28H27N3O5S2. The number of benzene rings is 2. The molecule has 2 aromatic carbocycles. The molecule has 0 bridgehead atoms. The first kappa shape index (κ1) is 24.9. The summed E-state index contributed by atoms with van der Waals surface area (Å²) in [5.74, 6) is -1.46. The number of ether oxygens (including phenoxy) is 1. The van der Waals surface area contributed by atoms with Crippen molar-refractivity contribution >= 4 is 46.5 Å². The van der Waals surface area contributed by atoms with E-state index in [2.05, 4.69) is 4.98 Å². The van der Waals surface area contributed by atoms with Gasteiger partial charge in [-0.05, 0) is 44.4 Å². The van der Waals surface area contributed by atoms with E-state index >= 15 is 0 Å². The summed E-state index contributed by atoms with van der Waals surface area (Å²) in [6.07, 6.45) is 3.12. The van der Waals surface area contributed by atoms with E-state index in [1.807, 2.05) is 42.2 Å². The first-order valence-corrected chi connectivity index (χ1v) is 14.5. The van der Waals surface area contributed by atoms with Crippen molar-refractivity contribution in [3.63, 3.8) is 0 Å². The van der Waals surface area contributed by atoms with E-state index in [4.69, 9.17) is 4.74 Å². The van der Waals surface area contributed by atoms with E-state index in [1.165, 1.54) is 16.7 Å². The summed E-state index contributed by atoms with van der Waals surface area (Å²) in [6, 6.07) is 14.6. The minimum absolute atomic E-state index is 0.0683. The van der Waals surface area contributed by atoms with Gasteiger partial charge in [-0.1, -0.05) is 59.0 Å². The second kappa shape index (κ2) is 10.1. The summed E-state index contributed by atoms with van der Waals surface area (Å²) in [4.78, 5) is 59.2. The van der Waals surface area contributed by atoms with Gasteiger partial charge in [0.25, 0.3) is 5.91 Å². The number of para-hydroxylation sites is 1. The van der Waals surface area contributed by atoms with Crippen molar-refractivity contribution in [3.05, 3.63) is 74.2 Å². The Morgan fingerprint density at radius 1 is 1.00 bits per heavy atom. The van der Waals surface area contributed by atoms with E-state index in [1.54, 1.807) is 18.2 Å². The van der Waals surface area contributed by atoms with Crippen molar-refractivity contribution in [2.75, 3.05) is 24.6 Å². The summed E-state index contributed by atoms with van der Waals surface area (Å²) >= 11 is 2.30. The van der Waals surface area contributed by atoms with Crippen LogP contribution >= 0.6 is 23.1 Å². The molecule has 10 heteroatoms. The lowest BCUT2D eigenvalue weighted by atomic mass is 9.82. The molecule has 1 aromatic heterocycles. The molecule has 6 rings (SSSR count). The fourth-order valence-corrected chi connectivity index (χ4v) is 8.05. The van der Waals surface area contributed by atoms with E-state index < -0.39 is 17.1 Å². The molecule has 3 aromatic rings. The van der Waals surface area contributed by atoms with Crippen molar-refractivity contribution in [2.45, 2.75) is 42.4 Å². The Bertz CT molecular complexity index is 1460. The van der Waals surface area contributed by atoms with Crippen molar-refractivity contribution in [1.82, 2.24) is 9.88 Å². The lowest BCUT2D eigenvalue weighted by Gasteiger charge is -2.31. The van der Waals surface area contributed by atoms with Gasteiger partial charge >= 0.3 is 4.87 Å². The molecule has 0 radical (unpaired) electrons. The summed E-state index contributed by atoms with van der Waals surface area (Å²) in [7, 11) is 0. The minimum Gasteiger partial charge on any atom is -0.483 e. The zero-order chi connectivity index (χ0) is 26.4. The molecule has 2 unspecified atom stereocenters. The third-order valence-electron chi connectivity index (χ3n) is 7.43. The number of aryl methyl sites for hydroxylation is 1. The Hall–Kier alpha value is -3.37. The number of imide groups is 1. The number of piperidine rings is 1. The largest absolute Gasteiger partial charge is 0.483 e. The van der Waals surface area contributed by atoms with Gasteiger partial charge in [0.05, 0.1) is 16.6 Å². The number of carbonyl (C=O) groups excluding carboxylic acids is 3. The molecule has 0 spiro atoms. The summed E-state index contributed by atoms with van der Waals surface area (Å²) in [5, 5.41) is -0.0769. The second-order valence-electron chi connectivity index (χ2n) is 9.87. The van der Waals surface area contributed by atoms with E-state index in [-0.39, 0.29) is 29.2 Å². The highest BCUT2D eigenvalue weighted by atomic mass is 32.2. The molecule has 4 heterocycles. The van der Waals surface area contributed by atoms with Crippen LogP contribution in [-0.4, -0.2) is 52.6 Å². The van der Waals surface area contributed by atoms with Crippen LogP contribution in [0.4, 0.5) is 5.69 Å². The molecule has 0 saturated carbocycles. The van der Waals surface area contributed by atoms with Gasteiger partial charge in [0.2, 0.25) is 11.8 Å². The Kier molecular flexibility index (Phi) is 6.61. The third kappa shape index (κ3) is 4.35. The number of carbonyl (C=O) groups is 3. The number of hydrogen-bond donors (Lipinski definition) is 1. The van der Waals surface area contributed by atoms with Gasteiger partial charge in [-0.3, -0.25) is 19.2 Å². The Labute approximate surface area is 228 Å². The summed E-state index contributed by atoms with van der Waals surface area (Å²) in [6.45, 7) is 3.31. The van der Waals surface area contributed by atoms with Gasteiger partial charge in [0.15, 0.2) is 6.61 Å². The molecule has 0 aliphatic carbocycles. The normalized spacial score (nSPS) is 22.8. The van der Waals surface area contributed by atoms with Gasteiger partial charge in [-0.15, -0.1) is 0 Å². The monoisotopic (exact) mass is 549 g/mol. The van der Waals surface area contributed by atoms with Crippen LogP contribution < -0.4 is 14.5 Å². The fourth-order valence-electron chi connectivity index (χ4n) is 5.54. The number of hydrogen-bond acceptors (Lipinski definition) is 7. The predicted octanol–water partition coefficient (Wildman–Crippen LogP) is 3.93. The Morgan fingerprint density at radius 3 is 2.50 bits per heavy atom. The number of likely N-dealkylation sites (tertiary alicyclic amines) is 1. The number of aromatic amines is 1. The number of aromatic nitrogens is 1. The topological polar surface area (TPSA) is 99.8 Å². The lowest BCUT2D eigenvalue weighted by molar-refractivity contribution is -0.134. The maximum Gasteiger partial charge on any atom is 0.305 e. The highest BCUT2D eigenvalue weighted by Gasteiger charge is 2.56. The van der Waals surface area contributed by atoms with Gasteiger partial charge in [-0.25, -0.2) is 4.90 Å². The van der Waals surface area contributed by atoms with Crippen LogP contribution in [0.5, 0.6) is 5.75 Å². The molecule has 3 aliphatic rings. The van der Waals surface area contributed by atoms with Crippen LogP contribution in [0.15, 0.2) is 58.4 Å². The maximum absolute atomic E-state index is 13.9. The maximum atomic E-state index is 13.9. The minimum atomic E-state index is -0.713. The standard InChI is InChI=1S/C28H27N3O5S2/c1-16-9-11-17(12-10-16)31-26(33)22-21(23-25(29-28(35)38-23)37-24(22)27(31)34)18-7-3-4-8-19(18)36-15-20(32)30-13-5-2-6-14-30/h3-4,7-12,21-22,24H,2,5-6,13-15H2,1H3,(H,29,35)/t21-,22?,24?/m1/s1. The zero-order valence-electron chi connectivity index (χ0n) is 20.8. The van der Waals surface area contributed by atoms with Crippen molar-refractivity contribution in [2.24, 2.45) is 5.92 Å². The SMILES string of the molecule is Cc1ccc(N2C(=O)C3Sc4[nH]c(=O)sc4[C@H](c4ccccc4OCC(=O)N4CCCCC4)C3C2=O)cc1. The molecule has 3 aliphatic heterocycles. The first-order valence-electron chi connectivity index (χ1n) is 12.8. The molecule has 3 atom stereocenters. The zero-order valence-corrected chi connectivity index (χ0v) is 22.5. The van der Waals surface area contributed by atoms with Crippen LogP contribution in [0, 0.1) is 12.8 Å². The van der Waals surface area contributed by atoms with Crippen LogP contribution in [0.1, 0.15) is 41.2 Å². The molecule has 196 valence electrons. The average Bonchev–Trinajstić information content (AvgIpc) is 3.43. The number of nitrogens with zero attached hydrogens (tertiary/aromatic N) is 2. The number of anilines is 1. The molecular weight excluding hydrogens is 522 g/mol. The number of fused-ring (bicyclic) bond motifs is 2. The van der Waals surface area contributed by atoms with Crippen molar-refractivity contribution in [1.29, 1.82) is 0 Å². The summed E-state index contributed by atoms with van der Waals surface area (Å²) < 4.78 is 6.07. The molecule has 1 N–H and O–H groups in total. The highest BCUT2D eigenvalue weighted by molar-refractivity contribution is 8.00. The number of thioether (sulfide) groups is 1. The lowest BCUT2D eigenvalue weighted by Crippen LogP contribution is -2.38. The highest BCUT2D eigenvalue weighted by Crippen LogP contribution is 2.54. The number of amides is 3. The quantitative estimate of drug-likeness (QED) is 0.484. The first-order chi connectivity index (χ1) is 18.4. The van der Waals surface area contributed by atoms with Gasteiger partial charge in [-0.2, -0.15) is 0 Å². The van der Waals surface area contributed by atoms with Gasteiger partial charge in [0, 0.05) is 29.4 Å². The fraction of sp³-hybridized carbons (Fsp3) is 0.357. The van der Waals surface area contributed by atoms with E-state index in [0.29, 0.717) is 26.9 Å².